The van der Waals surface area contributed by atoms with Crippen molar-refractivity contribution < 1.29 is 9.53 Å². The molecule has 0 unspecified atom stereocenters. The van der Waals surface area contributed by atoms with Gasteiger partial charge in [-0.1, -0.05) is 17.7 Å². The zero-order valence-electron chi connectivity index (χ0n) is 14.6. The molecule has 4 rings (SSSR count). The van der Waals surface area contributed by atoms with Crippen LogP contribution >= 0.6 is 11.6 Å². The summed E-state index contributed by atoms with van der Waals surface area (Å²) in [5.74, 6) is -0.501. The average molecular weight is 383 g/mol. The number of pyridine rings is 1. The molecule has 27 heavy (non-hydrogen) atoms. The lowest BCUT2D eigenvalue weighted by molar-refractivity contribution is 0.0528. The van der Waals surface area contributed by atoms with E-state index in [0.717, 1.165) is 5.56 Å². The predicted molar refractivity (Wildman–Crippen MR) is 102 cm³/mol. The number of carbonyl (C=O) groups excluding carboxylic acids is 1. The van der Waals surface area contributed by atoms with Crippen LogP contribution in [0.15, 0.2) is 47.7 Å². The summed E-state index contributed by atoms with van der Waals surface area (Å²) in [7, 11) is 0. The van der Waals surface area contributed by atoms with Crippen molar-refractivity contribution >= 4 is 34.1 Å². The molecule has 1 aromatic carbocycles. The van der Waals surface area contributed by atoms with Gasteiger partial charge in [0.25, 0.3) is 5.56 Å². The van der Waals surface area contributed by atoms with E-state index in [2.05, 4.69) is 10.1 Å². The first-order chi connectivity index (χ1) is 13.0. The average Bonchev–Trinajstić information content (AvgIpc) is 3.07. The first kappa shape index (κ1) is 17.2. The van der Waals surface area contributed by atoms with Crippen molar-refractivity contribution in [2.45, 2.75) is 13.8 Å². The maximum atomic E-state index is 13.0. The highest BCUT2D eigenvalue weighted by Crippen LogP contribution is 2.22. The summed E-state index contributed by atoms with van der Waals surface area (Å²) < 4.78 is 7.95. The van der Waals surface area contributed by atoms with Gasteiger partial charge in [0, 0.05) is 12.4 Å². The third kappa shape index (κ3) is 2.76. The normalized spacial score (nSPS) is 11.2. The Bertz CT molecular complexity index is 1260. The van der Waals surface area contributed by atoms with Crippen LogP contribution in [-0.2, 0) is 4.74 Å². The van der Waals surface area contributed by atoms with E-state index in [4.69, 9.17) is 16.3 Å². The molecule has 4 aromatic rings. The van der Waals surface area contributed by atoms with E-state index < -0.39 is 5.97 Å². The van der Waals surface area contributed by atoms with Gasteiger partial charge in [0.2, 0.25) is 0 Å². The molecule has 0 N–H and O–H groups in total. The van der Waals surface area contributed by atoms with Gasteiger partial charge < -0.3 is 4.74 Å². The fourth-order valence-corrected chi connectivity index (χ4v) is 3.29. The molecule has 0 atom stereocenters. The largest absolute Gasteiger partial charge is 0.462 e. The summed E-state index contributed by atoms with van der Waals surface area (Å²) in [4.78, 5) is 29.3. The molecule has 8 heteroatoms. The van der Waals surface area contributed by atoms with Gasteiger partial charge in [0.05, 0.1) is 34.4 Å². The Morgan fingerprint density at radius 2 is 2.07 bits per heavy atom. The Morgan fingerprint density at radius 3 is 2.81 bits per heavy atom. The highest BCUT2D eigenvalue weighted by Gasteiger charge is 2.18. The topological polar surface area (TPSA) is 78.5 Å². The molecule has 0 saturated carbocycles. The van der Waals surface area contributed by atoms with Crippen LogP contribution < -0.4 is 5.56 Å². The number of nitrogens with zero attached hydrogens (tertiary/aromatic N) is 4. The molecule has 136 valence electrons. The molecule has 0 aliphatic rings. The van der Waals surface area contributed by atoms with E-state index in [-0.39, 0.29) is 17.7 Å². The van der Waals surface area contributed by atoms with Crippen molar-refractivity contribution in [1.29, 1.82) is 0 Å². The monoisotopic (exact) mass is 382 g/mol. The Labute approximate surface area is 158 Å². The van der Waals surface area contributed by atoms with Crippen molar-refractivity contribution in [3.8, 4) is 5.69 Å². The molecular weight excluding hydrogens is 368 g/mol. The van der Waals surface area contributed by atoms with Crippen LogP contribution in [0.3, 0.4) is 0 Å². The maximum absolute atomic E-state index is 13.0. The number of aromatic nitrogens is 4. The van der Waals surface area contributed by atoms with Gasteiger partial charge in [-0.3, -0.25) is 9.36 Å². The molecule has 3 heterocycles. The van der Waals surface area contributed by atoms with Gasteiger partial charge in [-0.15, -0.1) is 0 Å². The van der Waals surface area contributed by atoms with Crippen molar-refractivity contribution in [1.82, 2.24) is 19.2 Å². The summed E-state index contributed by atoms with van der Waals surface area (Å²) in [6, 6.07) is 7.22. The summed E-state index contributed by atoms with van der Waals surface area (Å²) in [6.07, 6.45) is 4.46. The van der Waals surface area contributed by atoms with Crippen LogP contribution in [0.5, 0.6) is 0 Å². The second kappa shape index (κ2) is 6.51. The molecule has 0 bridgehead atoms. The Balaban J connectivity index is 1.93. The summed E-state index contributed by atoms with van der Waals surface area (Å²) in [6.45, 7) is 3.91. The second-order valence-electron chi connectivity index (χ2n) is 6.02. The van der Waals surface area contributed by atoms with Crippen LogP contribution in [-0.4, -0.2) is 31.7 Å². The minimum atomic E-state index is -0.501. The first-order valence-electron chi connectivity index (χ1n) is 8.33. The van der Waals surface area contributed by atoms with Crippen LogP contribution in [0.4, 0.5) is 0 Å². The Morgan fingerprint density at radius 1 is 1.26 bits per heavy atom. The molecule has 7 nitrogen and oxygen atoms in total. The Hall–Kier alpha value is -3.19. The summed E-state index contributed by atoms with van der Waals surface area (Å²) in [5.41, 5.74) is 2.45. The van der Waals surface area contributed by atoms with Gasteiger partial charge in [-0.05, 0) is 37.6 Å². The van der Waals surface area contributed by atoms with Crippen molar-refractivity contribution in [2.24, 2.45) is 0 Å². The fourth-order valence-electron chi connectivity index (χ4n) is 2.97. The van der Waals surface area contributed by atoms with Crippen LogP contribution in [0.1, 0.15) is 22.8 Å². The number of halogens is 1. The van der Waals surface area contributed by atoms with Gasteiger partial charge in [0.15, 0.2) is 5.65 Å². The van der Waals surface area contributed by atoms with E-state index in [1.807, 2.05) is 13.0 Å². The minimum Gasteiger partial charge on any atom is -0.462 e. The molecule has 0 spiro atoms. The molecular formula is C19H15ClN4O3. The third-order valence-electron chi connectivity index (χ3n) is 4.25. The quantitative estimate of drug-likeness (QED) is 0.508. The predicted octanol–water partition coefficient (Wildman–Crippen LogP) is 3.17. The Kier molecular flexibility index (Phi) is 4.16. The highest BCUT2D eigenvalue weighted by atomic mass is 35.5. The fraction of sp³-hybridized carbons (Fsp3) is 0.158. The second-order valence-corrected chi connectivity index (χ2v) is 6.42. The van der Waals surface area contributed by atoms with Crippen LogP contribution in [0.25, 0.3) is 22.2 Å². The molecule has 0 aliphatic heterocycles. The smallest absolute Gasteiger partial charge is 0.343 e. The lowest BCUT2D eigenvalue weighted by atomic mass is 10.2. The zero-order valence-corrected chi connectivity index (χ0v) is 15.4. The van der Waals surface area contributed by atoms with Gasteiger partial charge in [-0.2, -0.15) is 5.10 Å². The highest BCUT2D eigenvalue weighted by molar-refractivity contribution is 6.32. The van der Waals surface area contributed by atoms with E-state index in [1.165, 1.54) is 21.5 Å². The van der Waals surface area contributed by atoms with Gasteiger partial charge in [0.1, 0.15) is 5.56 Å². The standard InChI is InChI=1S/C19H15ClN4O3/c1-3-27-19(26)13-10-22-24-15-6-7-23(16-5-4-11(2)8-14(16)20)18(25)12(15)9-21-17(13)24/h4-10H,3H2,1-2H3. The zero-order chi connectivity index (χ0) is 19.1. The number of benzene rings is 1. The number of rotatable bonds is 3. The van der Waals surface area contributed by atoms with Gasteiger partial charge in [-0.25, -0.2) is 14.3 Å². The third-order valence-corrected chi connectivity index (χ3v) is 4.56. The van der Waals surface area contributed by atoms with Crippen molar-refractivity contribution in [2.75, 3.05) is 6.61 Å². The van der Waals surface area contributed by atoms with E-state index in [0.29, 0.717) is 27.3 Å². The summed E-state index contributed by atoms with van der Waals surface area (Å²) in [5, 5.41) is 5.04. The van der Waals surface area contributed by atoms with Gasteiger partial charge >= 0.3 is 5.97 Å². The molecule has 0 saturated heterocycles. The minimum absolute atomic E-state index is 0.254. The number of ether oxygens (including phenoxy) is 1. The lowest BCUT2D eigenvalue weighted by Gasteiger charge is -2.10. The van der Waals surface area contributed by atoms with E-state index >= 15 is 0 Å². The van der Waals surface area contributed by atoms with Crippen LogP contribution in [0, 0.1) is 6.92 Å². The number of aryl methyl sites for hydroxylation is 1. The summed E-state index contributed by atoms with van der Waals surface area (Å²) >= 11 is 6.31. The van der Waals surface area contributed by atoms with Crippen molar-refractivity contribution in [3.63, 3.8) is 0 Å². The maximum Gasteiger partial charge on any atom is 0.343 e. The molecule has 0 fully saturated rings. The number of fused-ring (bicyclic) bond motifs is 3. The van der Waals surface area contributed by atoms with Crippen molar-refractivity contribution in [3.05, 3.63) is 69.4 Å². The van der Waals surface area contributed by atoms with E-state index in [1.54, 1.807) is 31.3 Å². The lowest BCUT2D eigenvalue weighted by Crippen LogP contribution is -2.19. The molecule has 0 radical (unpaired) electrons. The number of carbonyl (C=O) groups is 1. The number of hydrogen-bond donors (Lipinski definition) is 0. The number of esters is 1. The molecule has 3 aromatic heterocycles. The molecule has 0 amide bonds. The number of hydrogen-bond acceptors (Lipinski definition) is 5. The SMILES string of the molecule is CCOC(=O)c1cnn2c1ncc1c(=O)n(-c3ccc(C)cc3Cl)ccc12. The molecule has 0 aliphatic carbocycles. The first-order valence-corrected chi connectivity index (χ1v) is 8.71. The van der Waals surface area contributed by atoms with Crippen LogP contribution in [0.2, 0.25) is 5.02 Å². The van der Waals surface area contributed by atoms with E-state index in [9.17, 15) is 9.59 Å².